The average molecular weight is 253 g/mol. The third-order valence-electron chi connectivity index (χ3n) is 4.31. The number of benzene rings is 1. The van der Waals surface area contributed by atoms with Gasteiger partial charge in [0.15, 0.2) is 0 Å². The van der Waals surface area contributed by atoms with Gasteiger partial charge in [-0.2, -0.15) is 0 Å². The highest BCUT2D eigenvalue weighted by Crippen LogP contribution is 2.39. The molecule has 1 aromatic carbocycles. The molecule has 3 rings (SSSR count). The van der Waals surface area contributed by atoms with E-state index in [0.29, 0.717) is 0 Å². The van der Waals surface area contributed by atoms with Crippen molar-refractivity contribution in [2.45, 2.75) is 46.0 Å². The van der Waals surface area contributed by atoms with Crippen molar-refractivity contribution in [3.05, 3.63) is 41.1 Å². The molecule has 0 spiro atoms. The number of nitrogens with zero attached hydrogens (tertiary/aromatic N) is 1. The maximum Gasteiger partial charge on any atom is 0.0484 e. The minimum atomic E-state index is 1.20. The Hall–Kier alpha value is -1.50. The molecule has 1 heteroatoms. The highest BCUT2D eigenvalue weighted by atomic mass is 14.9. The summed E-state index contributed by atoms with van der Waals surface area (Å²) in [5.41, 5.74) is 7.44. The Morgan fingerprint density at radius 1 is 1.26 bits per heavy atom. The first-order valence-electron chi connectivity index (χ1n) is 7.47. The minimum absolute atomic E-state index is 1.20. The lowest BCUT2D eigenvalue weighted by Crippen LogP contribution is -1.87. The summed E-state index contributed by atoms with van der Waals surface area (Å²) in [5, 5.41) is 1.44. The van der Waals surface area contributed by atoms with Crippen LogP contribution in [0.1, 0.15) is 50.7 Å². The molecule has 0 bridgehead atoms. The third-order valence-corrected chi connectivity index (χ3v) is 4.31. The first-order valence-corrected chi connectivity index (χ1v) is 7.47. The van der Waals surface area contributed by atoms with Gasteiger partial charge < -0.3 is 4.57 Å². The molecule has 0 aliphatic heterocycles. The maximum absolute atomic E-state index is 2.41. The molecule has 0 radical (unpaired) electrons. The van der Waals surface area contributed by atoms with Crippen LogP contribution in [-0.2, 0) is 13.5 Å². The molecule has 0 saturated heterocycles. The summed E-state index contributed by atoms with van der Waals surface area (Å²) in [7, 11) is 2.16. The van der Waals surface area contributed by atoms with E-state index in [1.807, 2.05) is 0 Å². The van der Waals surface area contributed by atoms with E-state index in [1.54, 1.807) is 5.57 Å². The van der Waals surface area contributed by atoms with Crippen molar-refractivity contribution in [3.63, 3.8) is 0 Å². The molecule has 1 saturated carbocycles. The number of fused-ring (bicyclic) bond motifs is 1. The van der Waals surface area contributed by atoms with Crippen LogP contribution < -0.4 is 0 Å². The molecule has 100 valence electrons. The van der Waals surface area contributed by atoms with Gasteiger partial charge in [0.2, 0.25) is 0 Å². The van der Waals surface area contributed by atoms with Crippen molar-refractivity contribution in [3.8, 4) is 0 Å². The summed E-state index contributed by atoms with van der Waals surface area (Å²) in [4.78, 5) is 0. The van der Waals surface area contributed by atoms with E-state index >= 15 is 0 Å². The van der Waals surface area contributed by atoms with Gasteiger partial charge in [-0.25, -0.2) is 0 Å². The van der Waals surface area contributed by atoms with Gasteiger partial charge in [-0.15, -0.1) is 0 Å². The molecule has 0 unspecified atom stereocenters. The second-order valence-corrected chi connectivity index (χ2v) is 5.84. The fourth-order valence-corrected chi connectivity index (χ4v) is 2.90. The molecule has 2 aromatic rings. The molecule has 0 N–H and O–H groups in total. The summed E-state index contributed by atoms with van der Waals surface area (Å²) in [6, 6.07) is 6.99. The van der Waals surface area contributed by atoms with Crippen LogP contribution in [0.5, 0.6) is 0 Å². The lowest BCUT2D eigenvalue weighted by molar-refractivity contribution is 0.796. The number of aryl methyl sites for hydroxylation is 2. The van der Waals surface area contributed by atoms with E-state index in [-0.39, 0.29) is 0 Å². The highest BCUT2D eigenvalue weighted by molar-refractivity contribution is 5.94. The summed E-state index contributed by atoms with van der Waals surface area (Å²) in [6.07, 6.45) is 8.66. The summed E-state index contributed by atoms with van der Waals surface area (Å²) < 4.78 is 2.26. The SMILES string of the molecule is CCCCc1ccc2c(c1)c(C(C)=C1CC1)cn2C. The molecule has 1 nitrogen and oxygen atoms in total. The van der Waals surface area contributed by atoms with Gasteiger partial charge in [0.1, 0.15) is 0 Å². The molecule has 1 heterocycles. The zero-order valence-corrected chi connectivity index (χ0v) is 12.3. The standard InChI is InChI=1S/C18H23N/c1-4-5-6-14-7-10-18-16(11-14)17(12-19(18)3)13(2)15-8-9-15/h7,10-12H,4-6,8-9H2,1-3H3. The van der Waals surface area contributed by atoms with Crippen LogP contribution in [0.25, 0.3) is 16.5 Å². The fourth-order valence-electron chi connectivity index (χ4n) is 2.90. The van der Waals surface area contributed by atoms with Gasteiger partial charge in [0.05, 0.1) is 0 Å². The number of rotatable bonds is 4. The van der Waals surface area contributed by atoms with Crippen LogP contribution >= 0.6 is 0 Å². The predicted octanol–water partition coefficient (Wildman–Crippen LogP) is 5.09. The van der Waals surface area contributed by atoms with E-state index in [9.17, 15) is 0 Å². The molecule has 1 aliphatic carbocycles. The zero-order valence-electron chi connectivity index (χ0n) is 12.3. The van der Waals surface area contributed by atoms with Gasteiger partial charge in [-0.1, -0.05) is 25.0 Å². The van der Waals surface area contributed by atoms with Crippen molar-refractivity contribution in [2.24, 2.45) is 7.05 Å². The zero-order chi connectivity index (χ0) is 13.4. The van der Waals surface area contributed by atoms with Gasteiger partial charge in [0, 0.05) is 29.7 Å². The van der Waals surface area contributed by atoms with Crippen LogP contribution in [0.3, 0.4) is 0 Å². The largest absolute Gasteiger partial charge is 0.350 e. The lowest BCUT2D eigenvalue weighted by atomic mass is 10.0. The van der Waals surface area contributed by atoms with Crippen molar-refractivity contribution < 1.29 is 0 Å². The van der Waals surface area contributed by atoms with Crippen LogP contribution in [0.4, 0.5) is 0 Å². The molecular formula is C18H23N. The monoisotopic (exact) mass is 253 g/mol. The smallest absolute Gasteiger partial charge is 0.0484 e. The van der Waals surface area contributed by atoms with Crippen molar-refractivity contribution in [1.29, 1.82) is 0 Å². The Morgan fingerprint density at radius 2 is 2.05 bits per heavy atom. The summed E-state index contributed by atoms with van der Waals surface area (Å²) >= 11 is 0. The second kappa shape index (κ2) is 4.88. The molecule has 1 aliphatic rings. The normalized spacial score (nSPS) is 14.2. The highest BCUT2D eigenvalue weighted by Gasteiger charge is 2.18. The predicted molar refractivity (Wildman–Crippen MR) is 83.4 cm³/mol. The summed E-state index contributed by atoms with van der Waals surface area (Å²) in [5.74, 6) is 0. The average Bonchev–Trinajstić information content (AvgIpc) is 3.21. The Morgan fingerprint density at radius 3 is 2.74 bits per heavy atom. The Bertz CT molecular complexity index is 637. The van der Waals surface area contributed by atoms with E-state index in [4.69, 9.17) is 0 Å². The number of hydrogen-bond acceptors (Lipinski definition) is 0. The van der Waals surface area contributed by atoms with Gasteiger partial charge in [0.25, 0.3) is 0 Å². The number of aromatic nitrogens is 1. The number of hydrogen-bond donors (Lipinski definition) is 0. The first kappa shape index (κ1) is 12.5. The third kappa shape index (κ3) is 2.34. The van der Waals surface area contributed by atoms with E-state index in [1.165, 1.54) is 59.7 Å². The summed E-state index contributed by atoms with van der Waals surface area (Å²) in [6.45, 7) is 4.55. The molecule has 1 fully saturated rings. The van der Waals surface area contributed by atoms with Gasteiger partial charge >= 0.3 is 0 Å². The quantitative estimate of drug-likeness (QED) is 0.715. The fraction of sp³-hybridized carbons (Fsp3) is 0.444. The van der Waals surface area contributed by atoms with Crippen LogP contribution in [-0.4, -0.2) is 4.57 Å². The van der Waals surface area contributed by atoms with Crippen molar-refractivity contribution >= 4 is 16.5 Å². The van der Waals surface area contributed by atoms with E-state index in [2.05, 4.69) is 49.9 Å². The van der Waals surface area contributed by atoms with Crippen LogP contribution in [0, 0.1) is 0 Å². The van der Waals surface area contributed by atoms with E-state index < -0.39 is 0 Å². The molecule has 0 atom stereocenters. The second-order valence-electron chi connectivity index (χ2n) is 5.84. The van der Waals surface area contributed by atoms with E-state index in [0.717, 1.165) is 0 Å². The van der Waals surface area contributed by atoms with Gasteiger partial charge in [-0.05, 0) is 55.9 Å². The lowest BCUT2D eigenvalue weighted by Gasteiger charge is -2.03. The van der Waals surface area contributed by atoms with Crippen molar-refractivity contribution in [2.75, 3.05) is 0 Å². The van der Waals surface area contributed by atoms with Gasteiger partial charge in [-0.3, -0.25) is 0 Å². The molecular weight excluding hydrogens is 230 g/mol. The Labute approximate surface area is 115 Å². The molecule has 1 aromatic heterocycles. The first-order chi connectivity index (χ1) is 9.20. The van der Waals surface area contributed by atoms with Crippen molar-refractivity contribution in [1.82, 2.24) is 4.57 Å². The number of allylic oxidation sites excluding steroid dienone is 2. The molecule has 19 heavy (non-hydrogen) atoms. The Kier molecular flexibility index (Phi) is 3.22. The number of unbranched alkanes of at least 4 members (excludes halogenated alkanes) is 1. The van der Waals surface area contributed by atoms with Crippen LogP contribution in [0.2, 0.25) is 0 Å². The maximum atomic E-state index is 2.41. The van der Waals surface area contributed by atoms with Crippen LogP contribution in [0.15, 0.2) is 30.0 Å². The molecule has 0 amide bonds. The minimum Gasteiger partial charge on any atom is -0.350 e. The Balaban J connectivity index is 2.09. The topological polar surface area (TPSA) is 4.93 Å².